The molecule has 83 heavy (non-hydrogen) atoms. The first kappa shape index (κ1) is 57.9. The van der Waals surface area contributed by atoms with Crippen molar-refractivity contribution in [1.29, 1.82) is 0 Å². The Kier molecular flexibility index (Phi) is 16.7. The van der Waals surface area contributed by atoms with Crippen LogP contribution in [0, 0.1) is 6.92 Å². The van der Waals surface area contributed by atoms with E-state index in [0.717, 1.165) is 29.1 Å². The molecule has 3 aliphatic rings. The summed E-state index contributed by atoms with van der Waals surface area (Å²) in [5.41, 5.74) is 3.05. The maximum atomic E-state index is 13.3. The normalized spacial score (nSPS) is 16.0. The molecule has 5 aromatic heterocycles. The Morgan fingerprint density at radius 2 is 0.976 bits per heavy atom. The highest BCUT2D eigenvalue weighted by Crippen LogP contribution is 2.42. The first-order valence-corrected chi connectivity index (χ1v) is 27.3. The number of benzene rings is 4. The SMILES string of the molecule is Cc1nc2ccc(Cl)nn2c1C(=O)N1CCC(c2ccccc2C(F)(F)F)CC1.O=C(c1c[nH]c2ccccc12)N1CCC(c2ccccc2C(F)(F)F)CC1.O=C(c1ccc2nccn2n1)N1CCC(c2ccccc2C(F)(F)F)CC1. The summed E-state index contributed by atoms with van der Waals surface area (Å²) in [6.45, 7) is 4.16. The number of rotatable bonds is 6. The number of aromatic amines is 1. The number of aromatic nitrogens is 7. The molecule has 3 fully saturated rings. The maximum Gasteiger partial charge on any atom is 0.416 e. The van der Waals surface area contributed by atoms with Crippen LogP contribution in [0.5, 0.6) is 0 Å². The molecule has 0 spiro atoms. The number of hydrogen-bond donors (Lipinski definition) is 1. The highest BCUT2D eigenvalue weighted by atomic mass is 35.5. The van der Waals surface area contributed by atoms with Crippen molar-refractivity contribution in [1.82, 2.24) is 48.9 Å². The minimum absolute atomic E-state index is 0.0741. The van der Waals surface area contributed by atoms with Crippen LogP contribution in [-0.2, 0) is 18.5 Å². The smallest absolute Gasteiger partial charge is 0.360 e. The van der Waals surface area contributed by atoms with E-state index in [9.17, 15) is 53.9 Å². The second kappa shape index (κ2) is 23.9. The molecule has 9 aromatic rings. The van der Waals surface area contributed by atoms with Crippen LogP contribution in [0.3, 0.4) is 0 Å². The first-order chi connectivity index (χ1) is 39.6. The third kappa shape index (κ3) is 12.7. The Morgan fingerprint density at radius 1 is 0.530 bits per heavy atom. The number of carbonyl (C=O) groups is 3. The molecule has 0 saturated carbocycles. The van der Waals surface area contributed by atoms with Crippen LogP contribution < -0.4 is 0 Å². The molecular formula is C60H54ClF9N10O3. The van der Waals surface area contributed by atoms with Crippen LogP contribution in [0.2, 0.25) is 5.15 Å². The zero-order chi connectivity index (χ0) is 58.8. The molecule has 12 rings (SSSR count). The van der Waals surface area contributed by atoms with Gasteiger partial charge in [0.25, 0.3) is 17.7 Å². The number of H-pyrrole nitrogens is 1. The van der Waals surface area contributed by atoms with Gasteiger partial charge in [-0.2, -0.15) is 49.7 Å². The monoisotopic (exact) mass is 1170 g/mol. The number of carbonyl (C=O) groups excluding carboxylic acids is 3. The summed E-state index contributed by atoms with van der Waals surface area (Å²) < 4.78 is 123. The second-order valence-corrected chi connectivity index (χ2v) is 21.0. The van der Waals surface area contributed by atoms with Gasteiger partial charge in [-0.1, -0.05) is 84.4 Å². The van der Waals surface area contributed by atoms with Gasteiger partial charge in [0.1, 0.15) is 10.8 Å². The van der Waals surface area contributed by atoms with Crippen molar-refractivity contribution in [2.24, 2.45) is 0 Å². The Hall–Kier alpha value is -8.27. The number of amides is 3. The zero-order valence-corrected chi connectivity index (χ0v) is 45.3. The van der Waals surface area contributed by atoms with Gasteiger partial charge in [0.2, 0.25) is 0 Å². The van der Waals surface area contributed by atoms with Crippen molar-refractivity contribution in [2.45, 2.75) is 81.7 Å². The second-order valence-electron chi connectivity index (χ2n) is 20.6. The fourth-order valence-corrected chi connectivity index (χ4v) is 11.6. The Bertz CT molecular complexity index is 3790. The van der Waals surface area contributed by atoms with E-state index in [1.54, 1.807) is 94.8 Å². The van der Waals surface area contributed by atoms with Gasteiger partial charge < -0.3 is 19.7 Å². The summed E-state index contributed by atoms with van der Waals surface area (Å²) in [7, 11) is 0. The van der Waals surface area contributed by atoms with Gasteiger partial charge in [-0.15, -0.1) is 0 Å². The Balaban J connectivity index is 0.000000139. The highest BCUT2D eigenvalue weighted by Gasteiger charge is 2.39. The molecule has 0 unspecified atom stereocenters. The van der Waals surface area contributed by atoms with Crippen LogP contribution >= 0.6 is 11.6 Å². The predicted molar refractivity (Wildman–Crippen MR) is 292 cm³/mol. The summed E-state index contributed by atoms with van der Waals surface area (Å²) in [5.74, 6) is -1.17. The van der Waals surface area contributed by atoms with Crippen LogP contribution in [0.15, 0.2) is 140 Å². The quantitative estimate of drug-likeness (QED) is 0.164. The van der Waals surface area contributed by atoms with Gasteiger partial charge in [0, 0.05) is 68.8 Å². The van der Waals surface area contributed by atoms with Gasteiger partial charge in [0.05, 0.1) is 27.9 Å². The summed E-state index contributed by atoms with van der Waals surface area (Å²) in [6.07, 6.45) is -5.18. The number of aryl methyl sites for hydroxylation is 1. The van der Waals surface area contributed by atoms with Crippen LogP contribution in [0.4, 0.5) is 39.5 Å². The van der Waals surface area contributed by atoms with E-state index < -0.39 is 35.2 Å². The average Bonchev–Trinajstić information content (AvgIpc) is 4.47. The summed E-state index contributed by atoms with van der Waals surface area (Å²) in [5, 5.41) is 9.52. The number of alkyl halides is 9. The summed E-state index contributed by atoms with van der Waals surface area (Å²) in [6, 6.07) is 31.3. The molecule has 4 aromatic carbocycles. The minimum atomic E-state index is -4.39. The molecular weight excluding hydrogens is 1120 g/mol. The van der Waals surface area contributed by atoms with Gasteiger partial charge >= 0.3 is 18.5 Å². The number of halogens is 10. The molecule has 432 valence electrons. The number of para-hydroxylation sites is 1. The lowest BCUT2D eigenvalue weighted by atomic mass is 9.86. The van der Waals surface area contributed by atoms with E-state index in [1.807, 2.05) is 24.3 Å². The number of hydrogen-bond acceptors (Lipinski definition) is 7. The average molecular weight is 1170 g/mol. The third-order valence-electron chi connectivity index (χ3n) is 15.6. The van der Waals surface area contributed by atoms with E-state index in [1.165, 1.54) is 33.3 Å². The minimum Gasteiger partial charge on any atom is -0.360 e. The number of imidazole rings is 2. The lowest BCUT2D eigenvalue weighted by molar-refractivity contribution is -0.139. The standard InChI is InChI=1S/C21H19F3N2O.C20H18ClF3N4O.C19H17F3N4O/c22-21(23,24)18-7-3-1-5-15(18)14-9-11-26(12-10-14)20(27)17-13-25-19-8-4-2-6-16(17)19;1-12-18(28-17(25-12)7-6-16(21)26-28)19(29)27-10-8-13(9-11-27)14-4-2-3-5-15(14)20(22,23)24;20-19(21,22)15-4-2-1-3-14(15)13-7-10-25(11-8-13)18(27)16-5-6-17-23-9-12-26(17)24-16/h1-8,13-14,25H,9-12H2;2-7,13H,8-11H2,1H3;1-6,9,12-13H,7-8,10-11H2. The largest absolute Gasteiger partial charge is 0.416 e. The highest BCUT2D eigenvalue weighted by molar-refractivity contribution is 6.29. The van der Waals surface area contributed by atoms with Crippen molar-refractivity contribution in [2.75, 3.05) is 39.3 Å². The lowest BCUT2D eigenvalue weighted by Gasteiger charge is -2.33. The number of fused-ring (bicyclic) bond motifs is 3. The van der Waals surface area contributed by atoms with Gasteiger partial charge in [0.15, 0.2) is 17.0 Å². The van der Waals surface area contributed by atoms with E-state index in [0.29, 0.717) is 128 Å². The van der Waals surface area contributed by atoms with E-state index in [4.69, 9.17) is 11.6 Å². The Morgan fingerprint density at radius 3 is 1.48 bits per heavy atom. The van der Waals surface area contributed by atoms with Gasteiger partial charge in [-0.25, -0.2) is 19.0 Å². The molecule has 3 aliphatic heterocycles. The molecule has 0 bridgehead atoms. The molecule has 0 atom stereocenters. The molecule has 1 N–H and O–H groups in total. The van der Waals surface area contributed by atoms with Crippen molar-refractivity contribution in [3.05, 3.63) is 201 Å². The fourth-order valence-electron chi connectivity index (χ4n) is 11.4. The summed E-state index contributed by atoms with van der Waals surface area (Å²) >= 11 is 5.95. The van der Waals surface area contributed by atoms with Crippen LogP contribution in [-0.4, -0.2) is 106 Å². The van der Waals surface area contributed by atoms with E-state index >= 15 is 0 Å². The third-order valence-corrected chi connectivity index (χ3v) is 15.8. The predicted octanol–water partition coefficient (Wildman–Crippen LogP) is 13.7. The molecule has 8 heterocycles. The van der Waals surface area contributed by atoms with Gasteiger partial charge in [-0.3, -0.25) is 14.4 Å². The first-order valence-electron chi connectivity index (χ1n) is 26.9. The summed E-state index contributed by atoms with van der Waals surface area (Å²) in [4.78, 5) is 55.2. The lowest BCUT2D eigenvalue weighted by Crippen LogP contribution is -2.39. The topological polar surface area (TPSA) is 137 Å². The van der Waals surface area contributed by atoms with Crippen molar-refractivity contribution in [3.8, 4) is 0 Å². The molecule has 23 heteroatoms. The van der Waals surface area contributed by atoms with Crippen molar-refractivity contribution >= 4 is 51.5 Å². The fraction of sp³-hybridized carbons (Fsp3) is 0.317. The van der Waals surface area contributed by atoms with E-state index in [2.05, 4.69) is 25.1 Å². The van der Waals surface area contributed by atoms with E-state index in [-0.39, 0.29) is 40.6 Å². The molecule has 13 nitrogen and oxygen atoms in total. The number of nitrogens with zero attached hydrogens (tertiary/aromatic N) is 9. The molecule has 0 radical (unpaired) electrons. The number of piperidine rings is 3. The molecule has 3 amide bonds. The molecule has 3 saturated heterocycles. The zero-order valence-electron chi connectivity index (χ0n) is 44.5. The van der Waals surface area contributed by atoms with Crippen LogP contribution in [0.1, 0.15) is 127 Å². The maximum absolute atomic E-state index is 13.3. The number of nitrogens with one attached hydrogen (secondary N) is 1. The number of likely N-dealkylation sites (tertiary alicyclic amines) is 3. The van der Waals surface area contributed by atoms with Crippen molar-refractivity contribution < 1.29 is 53.9 Å². The van der Waals surface area contributed by atoms with Gasteiger partial charge in [-0.05, 0) is 128 Å². The van der Waals surface area contributed by atoms with Crippen LogP contribution in [0.25, 0.3) is 22.2 Å². The van der Waals surface area contributed by atoms with Crippen molar-refractivity contribution in [3.63, 3.8) is 0 Å². The molecule has 0 aliphatic carbocycles. The Labute approximate surface area is 474 Å².